The maximum Gasteiger partial charge on any atom is 0.339 e. The molecule has 22 heavy (non-hydrogen) atoms. The van der Waals surface area contributed by atoms with Crippen molar-refractivity contribution in [3.63, 3.8) is 0 Å². The first-order chi connectivity index (χ1) is 10.2. The molecule has 0 saturated carbocycles. The van der Waals surface area contributed by atoms with Crippen molar-refractivity contribution in [1.82, 2.24) is 5.39 Å². The van der Waals surface area contributed by atoms with Crippen LogP contribution in [0.4, 0.5) is 0 Å². The molecule has 0 radical (unpaired) electrons. The molecule has 1 unspecified atom stereocenters. The van der Waals surface area contributed by atoms with Crippen LogP contribution >= 0.6 is 0 Å². The van der Waals surface area contributed by atoms with Gasteiger partial charge in [0.1, 0.15) is 6.61 Å². The minimum atomic E-state index is -0.739. The van der Waals surface area contributed by atoms with Gasteiger partial charge in [0, 0.05) is 5.56 Å². The molecule has 0 fully saturated rings. The van der Waals surface area contributed by atoms with Gasteiger partial charge >= 0.3 is 5.97 Å². The van der Waals surface area contributed by atoms with Crippen molar-refractivity contribution in [3.8, 4) is 0 Å². The van der Waals surface area contributed by atoms with E-state index < -0.39 is 23.6 Å². The van der Waals surface area contributed by atoms with Gasteiger partial charge in [0.15, 0.2) is 6.10 Å². The molecule has 2 aliphatic rings. The van der Waals surface area contributed by atoms with Crippen LogP contribution in [0.5, 0.6) is 0 Å². The molecule has 0 saturated heterocycles. The van der Waals surface area contributed by atoms with Crippen molar-refractivity contribution in [2.24, 2.45) is 5.41 Å². The molecule has 1 aliphatic carbocycles. The van der Waals surface area contributed by atoms with Gasteiger partial charge in [0.25, 0.3) is 0 Å². The van der Waals surface area contributed by atoms with Crippen molar-refractivity contribution in [1.29, 1.82) is 0 Å². The summed E-state index contributed by atoms with van der Waals surface area (Å²) in [5.74, 6) is -0.483. The summed E-state index contributed by atoms with van der Waals surface area (Å²) in [6.07, 6.45) is -0.802. The molecular formula is C15H18NO6-. The smallest absolute Gasteiger partial charge is 0.339 e. The zero-order chi connectivity index (χ0) is 16.2. The lowest BCUT2D eigenvalue weighted by molar-refractivity contribution is -0.313. The van der Waals surface area contributed by atoms with Crippen LogP contribution in [0.2, 0.25) is 0 Å². The van der Waals surface area contributed by atoms with E-state index in [2.05, 4.69) is 4.84 Å². The summed E-state index contributed by atoms with van der Waals surface area (Å²) in [5, 5.41) is 28.8. The highest BCUT2D eigenvalue weighted by Gasteiger charge is 2.44. The first-order valence-corrected chi connectivity index (χ1v) is 7.06. The molecule has 1 aromatic rings. The quantitative estimate of drug-likeness (QED) is 0.649. The second-order valence-corrected chi connectivity index (χ2v) is 6.55. The summed E-state index contributed by atoms with van der Waals surface area (Å²) in [4.78, 5) is 16.7. The van der Waals surface area contributed by atoms with E-state index in [4.69, 9.17) is 9.94 Å². The van der Waals surface area contributed by atoms with Crippen molar-refractivity contribution in [2.75, 3.05) is 6.61 Å². The number of fused-ring (bicyclic) bond motifs is 3. The summed E-state index contributed by atoms with van der Waals surface area (Å²) in [6, 6.07) is 1.86. The normalized spacial score (nSPS) is 25.3. The SMILES string of the molecule is Cc1cc2c(c3c1C(CON([O-])O)OC3=O)CC(C)(C)[C@@H]2O. The fourth-order valence-electron chi connectivity index (χ4n) is 3.45. The van der Waals surface area contributed by atoms with Gasteiger partial charge in [0.05, 0.1) is 11.7 Å². The third kappa shape index (κ3) is 2.22. The number of aryl methyl sites for hydroxylation is 1. The van der Waals surface area contributed by atoms with Crippen LogP contribution in [-0.2, 0) is 16.0 Å². The van der Waals surface area contributed by atoms with Crippen LogP contribution < -0.4 is 0 Å². The van der Waals surface area contributed by atoms with E-state index in [1.807, 2.05) is 26.8 Å². The van der Waals surface area contributed by atoms with Crippen molar-refractivity contribution < 1.29 is 24.7 Å². The molecule has 0 amide bonds. The van der Waals surface area contributed by atoms with E-state index in [1.165, 1.54) is 0 Å². The Kier molecular flexibility index (Phi) is 3.50. The number of benzene rings is 1. The summed E-state index contributed by atoms with van der Waals surface area (Å²) >= 11 is 0. The topological polar surface area (TPSA) is 102 Å². The zero-order valence-corrected chi connectivity index (χ0v) is 12.6. The standard InChI is InChI=1S/C15H18NO6/c1-7-4-8-9(5-15(2,3)13(8)17)12-11(7)10(22-14(12)18)6-21-16(19)20/h4,10,13,17,19H,5-6H2,1-3H3/q-1/t10?,13-/m1/s1. The van der Waals surface area contributed by atoms with E-state index in [0.717, 1.165) is 16.7 Å². The van der Waals surface area contributed by atoms with E-state index in [9.17, 15) is 15.1 Å². The fraction of sp³-hybridized carbons (Fsp3) is 0.533. The maximum absolute atomic E-state index is 12.2. The fourth-order valence-corrected chi connectivity index (χ4v) is 3.45. The van der Waals surface area contributed by atoms with Crippen LogP contribution in [0.25, 0.3) is 0 Å². The molecule has 120 valence electrons. The number of carbonyl (C=O) groups is 1. The highest BCUT2D eigenvalue weighted by Crippen LogP contribution is 2.50. The Balaban J connectivity index is 2.06. The Labute approximate surface area is 127 Å². The lowest BCUT2D eigenvalue weighted by atomic mass is 9.87. The monoisotopic (exact) mass is 308 g/mol. The van der Waals surface area contributed by atoms with Crippen LogP contribution in [0, 0.1) is 17.5 Å². The van der Waals surface area contributed by atoms with Gasteiger partial charge < -0.3 is 20.3 Å². The number of carbonyl (C=O) groups excluding carboxylic acids is 1. The largest absolute Gasteiger partial charge is 0.738 e. The predicted molar refractivity (Wildman–Crippen MR) is 74.7 cm³/mol. The minimum absolute atomic E-state index is 0.260. The molecule has 2 N–H and O–H groups in total. The molecule has 1 aromatic carbocycles. The zero-order valence-electron chi connectivity index (χ0n) is 12.6. The van der Waals surface area contributed by atoms with Crippen molar-refractivity contribution in [3.05, 3.63) is 39.1 Å². The summed E-state index contributed by atoms with van der Waals surface area (Å²) in [6.45, 7) is 5.45. The molecule has 1 aliphatic heterocycles. The molecule has 0 aromatic heterocycles. The Morgan fingerprint density at radius 3 is 2.86 bits per heavy atom. The van der Waals surface area contributed by atoms with Gasteiger partial charge in [-0.25, -0.2) is 4.79 Å². The predicted octanol–water partition coefficient (Wildman–Crippen LogP) is 1.94. The molecule has 2 atom stereocenters. The van der Waals surface area contributed by atoms with Crippen molar-refractivity contribution >= 4 is 5.97 Å². The second kappa shape index (κ2) is 5.00. The third-order valence-corrected chi connectivity index (χ3v) is 4.50. The number of nitrogens with zero attached hydrogens (tertiary/aromatic N) is 1. The Morgan fingerprint density at radius 1 is 1.55 bits per heavy atom. The highest BCUT2D eigenvalue weighted by atomic mass is 17.1. The average Bonchev–Trinajstić information content (AvgIpc) is 2.86. The van der Waals surface area contributed by atoms with E-state index in [1.54, 1.807) is 0 Å². The molecule has 3 rings (SSSR count). The van der Waals surface area contributed by atoms with Gasteiger partial charge in [-0.1, -0.05) is 19.9 Å². The van der Waals surface area contributed by atoms with Gasteiger partial charge in [-0.3, -0.25) is 4.84 Å². The van der Waals surface area contributed by atoms with Crippen LogP contribution in [0.3, 0.4) is 0 Å². The third-order valence-electron chi connectivity index (χ3n) is 4.50. The lowest BCUT2D eigenvalue weighted by Crippen LogP contribution is -2.17. The van der Waals surface area contributed by atoms with E-state index in [-0.39, 0.29) is 12.0 Å². The minimum Gasteiger partial charge on any atom is -0.738 e. The van der Waals surface area contributed by atoms with E-state index >= 15 is 0 Å². The van der Waals surface area contributed by atoms with Crippen LogP contribution in [0.1, 0.15) is 58.7 Å². The number of hydrogen-bond acceptors (Lipinski definition) is 7. The average molecular weight is 308 g/mol. The Hall–Kier alpha value is -1.51. The second-order valence-electron chi connectivity index (χ2n) is 6.55. The van der Waals surface area contributed by atoms with Crippen molar-refractivity contribution in [2.45, 2.75) is 39.4 Å². The number of aliphatic hydroxyl groups excluding tert-OH is 1. The number of aliphatic hydroxyl groups is 1. The van der Waals surface area contributed by atoms with E-state index in [0.29, 0.717) is 17.5 Å². The molecule has 7 nitrogen and oxygen atoms in total. The molecule has 0 bridgehead atoms. The number of rotatable bonds is 3. The van der Waals surface area contributed by atoms with Gasteiger partial charge in [-0.2, -0.15) is 0 Å². The number of ether oxygens (including phenoxy) is 1. The molecule has 7 heteroatoms. The first kappa shape index (κ1) is 15.4. The van der Waals surface area contributed by atoms with Gasteiger partial charge in [0.2, 0.25) is 0 Å². The number of cyclic esters (lactones) is 1. The van der Waals surface area contributed by atoms with Gasteiger partial charge in [-0.15, -0.1) is 5.39 Å². The number of esters is 1. The van der Waals surface area contributed by atoms with Crippen LogP contribution in [0.15, 0.2) is 6.07 Å². The highest BCUT2D eigenvalue weighted by molar-refractivity contribution is 5.97. The first-order valence-electron chi connectivity index (χ1n) is 7.06. The maximum atomic E-state index is 12.2. The Morgan fingerprint density at radius 2 is 2.23 bits per heavy atom. The summed E-state index contributed by atoms with van der Waals surface area (Å²) in [7, 11) is 0. The molecular weight excluding hydrogens is 290 g/mol. The summed E-state index contributed by atoms with van der Waals surface area (Å²) < 4.78 is 5.27. The summed E-state index contributed by atoms with van der Waals surface area (Å²) in [5.41, 5.74) is 3.12. The molecule has 1 heterocycles. The lowest BCUT2D eigenvalue weighted by Gasteiger charge is -2.22. The Bertz CT molecular complexity index is 639. The van der Waals surface area contributed by atoms with Crippen LogP contribution in [-0.4, -0.2) is 28.3 Å². The number of hydrogen-bond donors (Lipinski definition) is 2. The molecule has 0 spiro atoms. The van der Waals surface area contributed by atoms with Gasteiger partial charge in [-0.05, 0) is 35.4 Å².